The molecule has 0 saturated carbocycles. The van der Waals surface area contributed by atoms with Gasteiger partial charge in [-0.3, -0.25) is 4.79 Å². The molecule has 1 aromatic rings. The number of amides is 1. The summed E-state index contributed by atoms with van der Waals surface area (Å²) >= 11 is 2.64. The number of nitrogens with zero attached hydrogens (tertiary/aromatic N) is 2. The van der Waals surface area contributed by atoms with Crippen LogP contribution >= 0.6 is 23.1 Å². The van der Waals surface area contributed by atoms with Crippen LogP contribution in [0, 0.1) is 11.8 Å². The van der Waals surface area contributed by atoms with Crippen molar-refractivity contribution in [2.75, 3.05) is 17.6 Å². The van der Waals surface area contributed by atoms with Gasteiger partial charge in [-0.05, 0) is 11.8 Å². The second kappa shape index (κ2) is 9.71. The minimum absolute atomic E-state index is 0.116. The highest BCUT2D eigenvalue weighted by molar-refractivity contribution is 8.01. The van der Waals surface area contributed by atoms with Gasteiger partial charge in [0.15, 0.2) is 4.34 Å². The molecule has 9 heteroatoms. The summed E-state index contributed by atoms with van der Waals surface area (Å²) in [5, 5.41) is 23.6. The minimum atomic E-state index is -1.01. The summed E-state index contributed by atoms with van der Waals surface area (Å²) in [5.74, 6) is -0.800. The molecule has 130 valence electrons. The first kappa shape index (κ1) is 19.7. The van der Waals surface area contributed by atoms with E-state index in [1.165, 1.54) is 23.1 Å². The third-order valence-corrected chi connectivity index (χ3v) is 5.20. The number of carboxylic acid groups (broad SMARTS) is 1. The van der Waals surface area contributed by atoms with Crippen LogP contribution in [0.1, 0.15) is 34.1 Å². The monoisotopic (exact) mass is 360 g/mol. The van der Waals surface area contributed by atoms with E-state index in [0.717, 1.165) is 11.7 Å². The molecule has 1 rings (SSSR count). The molecule has 0 aromatic carbocycles. The van der Waals surface area contributed by atoms with E-state index >= 15 is 0 Å². The van der Waals surface area contributed by atoms with Crippen molar-refractivity contribution in [2.45, 2.75) is 44.5 Å². The summed E-state index contributed by atoms with van der Waals surface area (Å²) in [7, 11) is 0. The maximum atomic E-state index is 11.9. The van der Waals surface area contributed by atoms with Crippen molar-refractivity contribution in [1.29, 1.82) is 0 Å². The van der Waals surface area contributed by atoms with E-state index in [4.69, 9.17) is 5.11 Å². The standard InChI is InChI=1S/C14H24N4O3S2/c1-5-9(4)11(12(20)21)16-10(19)7-22-14-18-17-13(23-14)15-6-8(2)3/h8-9,11H,5-7H2,1-4H3,(H,15,17)(H,16,19)(H,20,21)/t9-,11+/m0/s1. The number of carbonyl (C=O) groups excluding carboxylic acids is 1. The number of aliphatic carboxylic acids is 1. The van der Waals surface area contributed by atoms with Gasteiger partial charge in [0.1, 0.15) is 6.04 Å². The Bertz CT molecular complexity index is 522. The fourth-order valence-corrected chi connectivity index (χ4v) is 3.23. The first-order valence-corrected chi connectivity index (χ1v) is 9.36. The third kappa shape index (κ3) is 7.17. The SMILES string of the molecule is CC[C@H](C)[C@@H](NC(=O)CSc1nnc(NCC(C)C)s1)C(=O)O. The Balaban J connectivity index is 2.45. The van der Waals surface area contributed by atoms with Crippen LogP contribution in [0.15, 0.2) is 4.34 Å². The molecule has 1 heterocycles. The molecule has 1 aromatic heterocycles. The minimum Gasteiger partial charge on any atom is -0.480 e. The van der Waals surface area contributed by atoms with E-state index < -0.39 is 12.0 Å². The van der Waals surface area contributed by atoms with Gasteiger partial charge in [0, 0.05) is 6.54 Å². The third-order valence-electron chi connectivity index (χ3n) is 3.19. The molecule has 0 spiro atoms. The average molecular weight is 361 g/mol. The van der Waals surface area contributed by atoms with E-state index in [1.807, 2.05) is 13.8 Å². The second-order valence-corrected chi connectivity index (χ2v) is 7.91. The van der Waals surface area contributed by atoms with Crippen molar-refractivity contribution in [3.8, 4) is 0 Å². The van der Waals surface area contributed by atoms with E-state index in [-0.39, 0.29) is 17.6 Å². The lowest BCUT2D eigenvalue weighted by Crippen LogP contribution is -2.45. The number of thioether (sulfide) groups is 1. The lowest BCUT2D eigenvalue weighted by molar-refractivity contribution is -0.143. The second-order valence-electron chi connectivity index (χ2n) is 5.71. The summed E-state index contributed by atoms with van der Waals surface area (Å²) in [4.78, 5) is 23.1. The average Bonchev–Trinajstić information content (AvgIpc) is 2.95. The Hall–Kier alpha value is -1.35. The largest absolute Gasteiger partial charge is 0.480 e. The highest BCUT2D eigenvalue weighted by Gasteiger charge is 2.25. The predicted octanol–water partition coefficient (Wildman–Crippen LogP) is 2.31. The normalized spacial score (nSPS) is 13.6. The van der Waals surface area contributed by atoms with Gasteiger partial charge < -0.3 is 15.7 Å². The Morgan fingerprint density at radius 3 is 2.57 bits per heavy atom. The van der Waals surface area contributed by atoms with E-state index in [2.05, 4.69) is 34.7 Å². The van der Waals surface area contributed by atoms with E-state index in [1.54, 1.807) is 0 Å². The van der Waals surface area contributed by atoms with Gasteiger partial charge in [-0.25, -0.2) is 4.79 Å². The molecule has 0 saturated heterocycles. The number of anilines is 1. The van der Waals surface area contributed by atoms with Crippen LogP contribution in [0.3, 0.4) is 0 Å². The summed E-state index contributed by atoms with van der Waals surface area (Å²) in [6.45, 7) is 8.72. The van der Waals surface area contributed by atoms with Gasteiger partial charge in [-0.2, -0.15) is 0 Å². The molecule has 23 heavy (non-hydrogen) atoms. The smallest absolute Gasteiger partial charge is 0.326 e. The molecule has 0 radical (unpaired) electrons. The molecule has 2 atom stereocenters. The highest BCUT2D eigenvalue weighted by atomic mass is 32.2. The van der Waals surface area contributed by atoms with Crippen LogP contribution in [0.5, 0.6) is 0 Å². The Kier molecular flexibility index (Phi) is 8.32. The highest BCUT2D eigenvalue weighted by Crippen LogP contribution is 2.25. The summed E-state index contributed by atoms with van der Waals surface area (Å²) in [5.41, 5.74) is 0. The number of rotatable bonds is 10. The van der Waals surface area contributed by atoms with Crippen LogP contribution in [-0.4, -0.2) is 45.5 Å². The van der Waals surface area contributed by atoms with Crippen LogP contribution in [-0.2, 0) is 9.59 Å². The molecule has 0 fully saturated rings. The Labute approximate surface area is 144 Å². The van der Waals surface area contributed by atoms with Gasteiger partial charge in [0.05, 0.1) is 5.75 Å². The molecule has 0 unspecified atom stereocenters. The fourth-order valence-electron chi connectivity index (χ4n) is 1.66. The number of nitrogens with one attached hydrogen (secondary N) is 2. The summed E-state index contributed by atoms with van der Waals surface area (Å²) < 4.78 is 0.682. The maximum absolute atomic E-state index is 11.9. The quantitative estimate of drug-likeness (QED) is 0.550. The van der Waals surface area contributed by atoms with Crippen molar-refractivity contribution in [2.24, 2.45) is 11.8 Å². The fraction of sp³-hybridized carbons (Fsp3) is 0.714. The molecule has 7 nitrogen and oxygen atoms in total. The van der Waals surface area contributed by atoms with Gasteiger partial charge in [0.25, 0.3) is 0 Å². The van der Waals surface area contributed by atoms with Crippen LogP contribution < -0.4 is 10.6 Å². The first-order valence-electron chi connectivity index (χ1n) is 7.55. The maximum Gasteiger partial charge on any atom is 0.326 e. The van der Waals surface area contributed by atoms with Gasteiger partial charge in [0.2, 0.25) is 11.0 Å². The zero-order valence-electron chi connectivity index (χ0n) is 13.8. The molecule has 1 amide bonds. The molecule has 0 aliphatic rings. The van der Waals surface area contributed by atoms with Gasteiger partial charge in [-0.15, -0.1) is 10.2 Å². The molecule has 0 bridgehead atoms. The zero-order valence-corrected chi connectivity index (χ0v) is 15.5. The van der Waals surface area contributed by atoms with Gasteiger partial charge >= 0.3 is 5.97 Å². The van der Waals surface area contributed by atoms with Gasteiger partial charge in [-0.1, -0.05) is 57.2 Å². The molecule has 0 aliphatic heterocycles. The van der Waals surface area contributed by atoms with Crippen LogP contribution in [0.2, 0.25) is 0 Å². The Morgan fingerprint density at radius 2 is 2.00 bits per heavy atom. The topological polar surface area (TPSA) is 104 Å². The number of carbonyl (C=O) groups is 2. The predicted molar refractivity (Wildman–Crippen MR) is 93.0 cm³/mol. The molecule has 3 N–H and O–H groups in total. The summed E-state index contributed by atoms with van der Waals surface area (Å²) in [6, 6.07) is -0.856. The Morgan fingerprint density at radius 1 is 1.30 bits per heavy atom. The molecular weight excluding hydrogens is 336 g/mol. The van der Waals surface area contributed by atoms with E-state index in [9.17, 15) is 9.59 Å². The van der Waals surface area contributed by atoms with Crippen LogP contribution in [0.25, 0.3) is 0 Å². The number of hydrogen-bond donors (Lipinski definition) is 3. The molecular formula is C14H24N4O3S2. The first-order chi connectivity index (χ1) is 10.8. The van der Waals surface area contributed by atoms with Crippen molar-refractivity contribution in [3.05, 3.63) is 0 Å². The van der Waals surface area contributed by atoms with Crippen LogP contribution in [0.4, 0.5) is 5.13 Å². The lowest BCUT2D eigenvalue weighted by Gasteiger charge is -2.19. The number of aromatic nitrogens is 2. The lowest BCUT2D eigenvalue weighted by atomic mass is 9.99. The number of hydrogen-bond acceptors (Lipinski definition) is 7. The number of carboxylic acids is 1. The molecule has 0 aliphatic carbocycles. The van der Waals surface area contributed by atoms with Crippen molar-refractivity contribution >= 4 is 40.1 Å². The summed E-state index contributed by atoms with van der Waals surface area (Å²) in [6.07, 6.45) is 0.686. The zero-order chi connectivity index (χ0) is 17.4. The van der Waals surface area contributed by atoms with Crippen molar-refractivity contribution < 1.29 is 14.7 Å². The van der Waals surface area contributed by atoms with Crippen molar-refractivity contribution in [1.82, 2.24) is 15.5 Å². The van der Waals surface area contributed by atoms with Crippen molar-refractivity contribution in [3.63, 3.8) is 0 Å². The van der Waals surface area contributed by atoms with E-state index in [0.29, 0.717) is 16.7 Å².